The van der Waals surface area contributed by atoms with Crippen LogP contribution in [0.3, 0.4) is 0 Å². The second-order valence-corrected chi connectivity index (χ2v) is 9.93. The van der Waals surface area contributed by atoms with Gasteiger partial charge in [0.2, 0.25) is 21.8 Å². The van der Waals surface area contributed by atoms with Crippen molar-refractivity contribution in [3.63, 3.8) is 0 Å². The lowest BCUT2D eigenvalue weighted by atomic mass is 10.1. The molecule has 0 saturated heterocycles. The predicted molar refractivity (Wildman–Crippen MR) is 130 cm³/mol. The molecule has 0 bridgehead atoms. The minimum absolute atomic E-state index is 0.200. The second-order valence-electron chi connectivity index (χ2n) is 8.02. The van der Waals surface area contributed by atoms with Crippen molar-refractivity contribution in [3.8, 4) is 5.75 Å². The molecular weight excluding hydrogens is 461 g/mol. The Hall–Kier alpha value is -3.14. The van der Waals surface area contributed by atoms with E-state index in [9.17, 15) is 22.4 Å². The summed E-state index contributed by atoms with van der Waals surface area (Å²) in [6.45, 7) is 4.85. The third-order valence-electron chi connectivity index (χ3n) is 5.30. The molecule has 186 valence electrons. The summed E-state index contributed by atoms with van der Waals surface area (Å²) in [5, 5.41) is 2.73. The van der Waals surface area contributed by atoms with Gasteiger partial charge in [-0.2, -0.15) is 0 Å². The van der Waals surface area contributed by atoms with Crippen LogP contribution in [0.25, 0.3) is 0 Å². The molecule has 1 atom stereocenters. The van der Waals surface area contributed by atoms with Crippen LogP contribution in [0, 0.1) is 12.7 Å². The van der Waals surface area contributed by atoms with Crippen molar-refractivity contribution in [2.75, 3.05) is 30.8 Å². The highest BCUT2D eigenvalue weighted by Crippen LogP contribution is 2.31. The van der Waals surface area contributed by atoms with E-state index in [1.165, 1.54) is 37.1 Å². The quantitative estimate of drug-likeness (QED) is 0.519. The topological polar surface area (TPSA) is 96.0 Å². The van der Waals surface area contributed by atoms with Gasteiger partial charge < -0.3 is 15.0 Å². The third kappa shape index (κ3) is 6.93. The first-order chi connectivity index (χ1) is 16.0. The number of aryl methyl sites for hydroxylation is 1. The molecule has 0 aromatic heterocycles. The summed E-state index contributed by atoms with van der Waals surface area (Å²) < 4.78 is 46.0. The maximum atomic E-state index is 14.4. The molecule has 0 spiro atoms. The van der Waals surface area contributed by atoms with Crippen LogP contribution in [-0.4, -0.2) is 57.6 Å². The first kappa shape index (κ1) is 27.1. The molecule has 0 heterocycles. The van der Waals surface area contributed by atoms with E-state index < -0.39 is 40.2 Å². The molecule has 1 N–H and O–H groups in total. The number of amides is 2. The number of anilines is 1. The second kappa shape index (κ2) is 11.8. The van der Waals surface area contributed by atoms with Crippen LogP contribution in [-0.2, 0) is 26.2 Å². The number of nitrogens with zero attached hydrogens (tertiary/aromatic N) is 2. The van der Waals surface area contributed by atoms with Crippen LogP contribution in [0.5, 0.6) is 5.75 Å². The van der Waals surface area contributed by atoms with E-state index >= 15 is 0 Å². The summed E-state index contributed by atoms with van der Waals surface area (Å²) in [6, 6.07) is 9.96. The van der Waals surface area contributed by atoms with Gasteiger partial charge in [-0.1, -0.05) is 31.2 Å². The number of carbonyl (C=O) groups is 2. The lowest BCUT2D eigenvalue weighted by molar-refractivity contribution is -0.139. The predicted octanol–water partition coefficient (Wildman–Crippen LogP) is 2.85. The minimum atomic E-state index is -3.91. The van der Waals surface area contributed by atoms with Crippen LogP contribution in [0.4, 0.5) is 10.1 Å². The van der Waals surface area contributed by atoms with Crippen molar-refractivity contribution >= 4 is 27.5 Å². The molecule has 0 aliphatic heterocycles. The van der Waals surface area contributed by atoms with Gasteiger partial charge in [-0.05, 0) is 44.0 Å². The third-order valence-corrected chi connectivity index (χ3v) is 6.42. The van der Waals surface area contributed by atoms with E-state index in [1.54, 1.807) is 31.2 Å². The summed E-state index contributed by atoms with van der Waals surface area (Å²) in [5.41, 5.74) is 1.18. The van der Waals surface area contributed by atoms with E-state index in [4.69, 9.17) is 4.74 Å². The molecule has 2 aromatic rings. The zero-order valence-electron chi connectivity index (χ0n) is 20.2. The number of carbonyl (C=O) groups excluding carboxylic acids is 2. The largest absolute Gasteiger partial charge is 0.495 e. The molecule has 0 aliphatic carbocycles. The Morgan fingerprint density at radius 3 is 2.44 bits per heavy atom. The smallest absolute Gasteiger partial charge is 0.244 e. The molecule has 0 saturated carbocycles. The van der Waals surface area contributed by atoms with Crippen LogP contribution in [0.1, 0.15) is 31.4 Å². The fraction of sp³-hybridized carbons (Fsp3) is 0.417. The molecule has 0 unspecified atom stereocenters. The first-order valence-corrected chi connectivity index (χ1v) is 12.8. The Balaban J connectivity index is 2.46. The van der Waals surface area contributed by atoms with Gasteiger partial charge in [0, 0.05) is 18.7 Å². The molecule has 34 heavy (non-hydrogen) atoms. The first-order valence-electron chi connectivity index (χ1n) is 10.9. The van der Waals surface area contributed by atoms with Gasteiger partial charge in [0.05, 0.1) is 19.1 Å². The zero-order valence-corrected chi connectivity index (χ0v) is 21.0. The van der Waals surface area contributed by atoms with Gasteiger partial charge in [-0.15, -0.1) is 0 Å². The number of ether oxygens (including phenoxy) is 1. The Morgan fingerprint density at radius 1 is 1.18 bits per heavy atom. The van der Waals surface area contributed by atoms with Crippen molar-refractivity contribution in [1.29, 1.82) is 0 Å². The van der Waals surface area contributed by atoms with E-state index in [2.05, 4.69) is 5.32 Å². The lowest BCUT2D eigenvalue weighted by Gasteiger charge is -2.32. The number of methoxy groups -OCH3 is 1. The molecule has 2 rings (SSSR count). The molecule has 2 amide bonds. The molecular formula is C24H32FN3O5S. The summed E-state index contributed by atoms with van der Waals surface area (Å²) in [7, 11) is -2.50. The van der Waals surface area contributed by atoms with Crippen molar-refractivity contribution in [1.82, 2.24) is 10.2 Å². The fourth-order valence-electron chi connectivity index (χ4n) is 3.38. The number of sulfonamides is 1. The SMILES string of the molecule is CCCNC(=O)[C@H](C)N(Cc1ccccc1F)C(=O)CN(c1cc(C)ccc1OC)S(C)(=O)=O. The number of halogens is 1. The van der Waals surface area contributed by atoms with E-state index in [1.807, 2.05) is 6.92 Å². The average molecular weight is 494 g/mol. The van der Waals surface area contributed by atoms with Crippen molar-refractivity contribution < 1.29 is 27.1 Å². The average Bonchev–Trinajstić information content (AvgIpc) is 2.79. The number of hydrogen-bond acceptors (Lipinski definition) is 5. The van der Waals surface area contributed by atoms with Crippen LogP contribution >= 0.6 is 0 Å². The van der Waals surface area contributed by atoms with Gasteiger partial charge in [-0.25, -0.2) is 12.8 Å². The van der Waals surface area contributed by atoms with E-state index in [0.717, 1.165) is 16.1 Å². The Kier molecular flexibility index (Phi) is 9.43. The summed E-state index contributed by atoms with van der Waals surface area (Å²) >= 11 is 0. The highest BCUT2D eigenvalue weighted by Gasteiger charge is 2.31. The van der Waals surface area contributed by atoms with Crippen LogP contribution < -0.4 is 14.4 Å². The summed E-state index contributed by atoms with van der Waals surface area (Å²) in [6.07, 6.45) is 1.69. The van der Waals surface area contributed by atoms with Crippen molar-refractivity contribution in [2.24, 2.45) is 0 Å². The summed E-state index contributed by atoms with van der Waals surface area (Å²) in [5.74, 6) is -1.32. The van der Waals surface area contributed by atoms with Gasteiger partial charge >= 0.3 is 0 Å². The van der Waals surface area contributed by atoms with Crippen molar-refractivity contribution in [3.05, 3.63) is 59.4 Å². The number of nitrogens with one attached hydrogen (secondary N) is 1. The Labute approximate surface area is 200 Å². The maximum absolute atomic E-state index is 14.4. The lowest BCUT2D eigenvalue weighted by Crippen LogP contribution is -2.51. The van der Waals surface area contributed by atoms with E-state index in [-0.39, 0.29) is 23.5 Å². The van der Waals surface area contributed by atoms with Crippen LogP contribution in [0.15, 0.2) is 42.5 Å². The maximum Gasteiger partial charge on any atom is 0.244 e. The molecule has 0 fully saturated rings. The number of rotatable bonds is 11. The zero-order chi connectivity index (χ0) is 25.5. The standard InChI is InChI=1S/C24H32FN3O5S/c1-6-13-26-24(30)18(3)27(15-19-9-7-8-10-20(19)25)23(29)16-28(34(5,31)32)21-14-17(2)11-12-22(21)33-4/h7-12,14,18H,6,13,15-16H2,1-5H3,(H,26,30)/t18-/m0/s1. The monoisotopic (exact) mass is 493 g/mol. The highest BCUT2D eigenvalue weighted by molar-refractivity contribution is 7.92. The Bertz CT molecular complexity index is 1120. The van der Waals surface area contributed by atoms with Gasteiger partial charge in [0.1, 0.15) is 24.2 Å². The molecule has 0 radical (unpaired) electrons. The summed E-state index contributed by atoms with van der Waals surface area (Å²) in [4.78, 5) is 27.3. The van der Waals surface area contributed by atoms with Gasteiger partial charge in [0.15, 0.2) is 0 Å². The molecule has 8 nitrogen and oxygen atoms in total. The Morgan fingerprint density at radius 2 is 1.85 bits per heavy atom. The van der Waals surface area contributed by atoms with Crippen LogP contribution in [0.2, 0.25) is 0 Å². The van der Waals surface area contributed by atoms with E-state index in [0.29, 0.717) is 13.0 Å². The number of hydrogen-bond donors (Lipinski definition) is 1. The molecule has 2 aromatic carbocycles. The number of benzene rings is 2. The van der Waals surface area contributed by atoms with Gasteiger partial charge in [0.25, 0.3) is 0 Å². The fourth-order valence-corrected chi connectivity index (χ4v) is 4.22. The highest BCUT2D eigenvalue weighted by atomic mass is 32.2. The molecule has 10 heteroatoms. The normalized spacial score (nSPS) is 12.1. The van der Waals surface area contributed by atoms with Gasteiger partial charge in [-0.3, -0.25) is 13.9 Å². The molecule has 0 aliphatic rings. The minimum Gasteiger partial charge on any atom is -0.495 e. The van der Waals surface area contributed by atoms with Crippen molar-refractivity contribution in [2.45, 2.75) is 39.8 Å².